The Morgan fingerprint density at radius 1 is 1.30 bits per heavy atom. The van der Waals surface area contributed by atoms with Crippen molar-refractivity contribution in [2.75, 3.05) is 19.5 Å². The molecule has 0 aliphatic heterocycles. The second-order valence-electron chi connectivity index (χ2n) is 5.81. The van der Waals surface area contributed by atoms with Gasteiger partial charge in [0.25, 0.3) is 6.01 Å². The first-order chi connectivity index (χ1) is 13.0. The number of nitrogens with two attached hydrogens (primary N) is 1. The Hall–Kier alpha value is -3.43. The first kappa shape index (κ1) is 18.4. The maximum absolute atomic E-state index is 10.9. The molecular weight excluding hydrogens is 352 g/mol. The number of nitrogens with zero attached hydrogens (tertiary/aromatic N) is 5. The number of aromatic carboxylic acids is 1. The summed E-state index contributed by atoms with van der Waals surface area (Å²) in [4.78, 5) is 27.7. The van der Waals surface area contributed by atoms with Crippen molar-refractivity contribution >= 4 is 23.0 Å². The van der Waals surface area contributed by atoms with Crippen LogP contribution in [0, 0.1) is 0 Å². The Morgan fingerprint density at radius 3 is 2.74 bits per heavy atom. The standard InChI is InChI=1S/C17H20N6O4/c1-3-4-7-27-16-21-13(18)12-14(22-16)23(17(20-12)26-2)9-10-5-6-11(15(24)25)19-8-10/h5-6,8H,3-4,7,9H2,1-2H3,(H,24,25)(H2,18,21,22). The molecule has 0 saturated carbocycles. The van der Waals surface area contributed by atoms with E-state index in [0.29, 0.717) is 30.3 Å². The summed E-state index contributed by atoms with van der Waals surface area (Å²) in [5.74, 6) is -0.885. The molecule has 3 N–H and O–H groups in total. The molecular formula is C17H20N6O4. The topological polar surface area (TPSA) is 138 Å². The van der Waals surface area contributed by atoms with E-state index in [1.54, 1.807) is 10.6 Å². The van der Waals surface area contributed by atoms with Gasteiger partial charge in [0.15, 0.2) is 17.0 Å². The molecule has 10 heteroatoms. The molecule has 142 valence electrons. The van der Waals surface area contributed by atoms with Gasteiger partial charge in [-0.3, -0.25) is 4.57 Å². The third-order valence-corrected chi connectivity index (χ3v) is 3.86. The van der Waals surface area contributed by atoms with Gasteiger partial charge in [0, 0.05) is 6.20 Å². The fourth-order valence-corrected chi connectivity index (χ4v) is 2.48. The number of hydrogen-bond acceptors (Lipinski definition) is 8. The van der Waals surface area contributed by atoms with Crippen LogP contribution in [-0.4, -0.2) is 49.3 Å². The van der Waals surface area contributed by atoms with Crippen molar-refractivity contribution in [3.63, 3.8) is 0 Å². The zero-order chi connectivity index (χ0) is 19.4. The van der Waals surface area contributed by atoms with E-state index in [1.165, 1.54) is 19.4 Å². The minimum absolute atomic E-state index is 0.0283. The first-order valence-electron chi connectivity index (χ1n) is 8.42. The number of carbonyl (C=O) groups is 1. The Morgan fingerprint density at radius 2 is 2.11 bits per heavy atom. The predicted octanol–water partition coefficient (Wildman–Crippen LogP) is 1.74. The van der Waals surface area contributed by atoms with Crippen LogP contribution in [-0.2, 0) is 6.54 Å². The lowest BCUT2D eigenvalue weighted by Gasteiger charge is -2.08. The zero-order valence-electron chi connectivity index (χ0n) is 15.0. The average Bonchev–Trinajstić information content (AvgIpc) is 3.01. The minimum Gasteiger partial charge on any atom is -0.477 e. The van der Waals surface area contributed by atoms with E-state index in [9.17, 15) is 4.79 Å². The van der Waals surface area contributed by atoms with Crippen LogP contribution < -0.4 is 15.2 Å². The Bertz CT molecular complexity index is 954. The second-order valence-corrected chi connectivity index (χ2v) is 5.81. The Kier molecular flexibility index (Phi) is 5.34. The third-order valence-electron chi connectivity index (χ3n) is 3.86. The van der Waals surface area contributed by atoms with Crippen molar-refractivity contribution < 1.29 is 19.4 Å². The number of aromatic nitrogens is 5. The predicted molar refractivity (Wildman–Crippen MR) is 97.0 cm³/mol. The van der Waals surface area contributed by atoms with Crippen LogP contribution in [0.25, 0.3) is 11.2 Å². The summed E-state index contributed by atoms with van der Waals surface area (Å²) < 4.78 is 12.6. The molecule has 3 heterocycles. The van der Waals surface area contributed by atoms with Crippen molar-refractivity contribution in [1.82, 2.24) is 24.5 Å². The number of carboxylic acid groups (broad SMARTS) is 1. The van der Waals surface area contributed by atoms with Crippen molar-refractivity contribution in [3.8, 4) is 12.0 Å². The summed E-state index contributed by atoms with van der Waals surface area (Å²) >= 11 is 0. The van der Waals surface area contributed by atoms with Crippen molar-refractivity contribution in [2.45, 2.75) is 26.3 Å². The normalized spacial score (nSPS) is 10.9. The number of carboxylic acids is 1. The highest BCUT2D eigenvalue weighted by molar-refractivity contribution is 5.85. The van der Waals surface area contributed by atoms with Gasteiger partial charge in [0.1, 0.15) is 5.69 Å². The molecule has 3 aromatic rings. The van der Waals surface area contributed by atoms with Crippen LogP contribution in [0.2, 0.25) is 0 Å². The molecule has 0 radical (unpaired) electrons. The summed E-state index contributed by atoms with van der Waals surface area (Å²) in [6.45, 7) is 2.87. The molecule has 0 fully saturated rings. The summed E-state index contributed by atoms with van der Waals surface area (Å²) in [7, 11) is 1.49. The molecule has 0 aliphatic rings. The summed E-state index contributed by atoms with van der Waals surface area (Å²) in [6.07, 6.45) is 3.35. The molecule has 0 saturated heterocycles. The van der Waals surface area contributed by atoms with Crippen molar-refractivity contribution in [1.29, 1.82) is 0 Å². The van der Waals surface area contributed by atoms with Crippen molar-refractivity contribution in [2.24, 2.45) is 0 Å². The monoisotopic (exact) mass is 372 g/mol. The maximum atomic E-state index is 10.9. The van der Waals surface area contributed by atoms with Gasteiger partial charge in [0.2, 0.25) is 0 Å². The molecule has 0 spiro atoms. The summed E-state index contributed by atoms with van der Waals surface area (Å²) in [5.41, 5.74) is 7.60. The molecule has 3 rings (SSSR count). The highest BCUT2D eigenvalue weighted by atomic mass is 16.5. The van der Waals surface area contributed by atoms with E-state index in [-0.39, 0.29) is 17.5 Å². The first-order valence-corrected chi connectivity index (χ1v) is 8.42. The number of rotatable bonds is 8. The van der Waals surface area contributed by atoms with Gasteiger partial charge in [-0.1, -0.05) is 19.4 Å². The number of nitrogen functional groups attached to an aromatic ring is 1. The number of imidazole rings is 1. The van der Waals surface area contributed by atoms with Gasteiger partial charge in [-0.25, -0.2) is 9.78 Å². The van der Waals surface area contributed by atoms with E-state index >= 15 is 0 Å². The molecule has 0 aromatic carbocycles. The van der Waals surface area contributed by atoms with E-state index in [4.69, 9.17) is 20.3 Å². The molecule has 0 bridgehead atoms. The second kappa shape index (κ2) is 7.85. The minimum atomic E-state index is -1.08. The molecule has 0 atom stereocenters. The van der Waals surface area contributed by atoms with Gasteiger partial charge < -0.3 is 20.3 Å². The van der Waals surface area contributed by atoms with Crippen LogP contribution in [0.1, 0.15) is 35.8 Å². The SMILES string of the molecule is CCCCOc1nc(N)c2nc(OC)n(Cc3ccc(C(=O)O)nc3)c2n1. The highest BCUT2D eigenvalue weighted by Gasteiger charge is 2.18. The maximum Gasteiger partial charge on any atom is 0.354 e. The summed E-state index contributed by atoms with van der Waals surface area (Å²) in [5, 5.41) is 8.96. The van der Waals surface area contributed by atoms with Crippen LogP contribution in [0.4, 0.5) is 5.82 Å². The van der Waals surface area contributed by atoms with E-state index in [2.05, 4.69) is 26.9 Å². The number of fused-ring (bicyclic) bond motifs is 1. The molecule has 3 aromatic heterocycles. The smallest absolute Gasteiger partial charge is 0.354 e. The van der Waals surface area contributed by atoms with E-state index in [1.807, 2.05) is 0 Å². The Labute approximate surface area is 155 Å². The van der Waals surface area contributed by atoms with Crippen molar-refractivity contribution in [3.05, 3.63) is 29.6 Å². The number of unbranched alkanes of at least 4 members (excludes halogenated alkanes) is 1. The lowest BCUT2D eigenvalue weighted by molar-refractivity contribution is 0.0690. The fourth-order valence-electron chi connectivity index (χ4n) is 2.48. The van der Waals surface area contributed by atoms with Crippen LogP contribution >= 0.6 is 0 Å². The fraction of sp³-hybridized carbons (Fsp3) is 0.353. The zero-order valence-corrected chi connectivity index (χ0v) is 15.0. The number of methoxy groups -OCH3 is 1. The largest absolute Gasteiger partial charge is 0.477 e. The van der Waals surface area contributed by atoms with Crippen LogP contribution in [0.5, 0.6) is 12.0 Å². The number of hydrogen-bond donors (Lipinski definition) is 2. The summed E-state index contributed by atoms with van der Waals surface area (Å²) in [6, 6.07) is 3.59. The van der Waals surface area contributed by atoms with Crippen LogP contribution in [0.15, 0.2) is 18.3 Å². The quantitative estimate of drug-likeness (QED) is 0.566. The molecule has 0 amide bonds. The molecule has 27 heavy (non-hydrogen) atoms. The van der Waals surface area contributed by atoms with E-state index < -0.39 is 5.97 Å². The number of ether oxygens (including phenoxy) is 2. The number of anilines is 1. The van der Waals surface area contributed by atoms with Gasteiger partial charge >= 0.3 is 12.0 Å². The lowest BCUT2D eigenvalue weighted by Crippen LogP contribution is -2.07. The van der Waals surface area contributed by atoms with E-state index in [0.717, 1.165) is 18.4 Å². The van der Waals surface area contributed by atoms with Gasteiger partial charge in [0.05, 0.1) is 20.3 Å². The highest BCUT2D eigenvalue weighted by Crippen LogP contribution is 2.26. The third kappa shape index (κ3) is 3.89. The Balaban J connectivity index is 1.98. The molecule has 0 aliphatic carbocycles. The number of pyridine rings is 1. The van der Waals surface area contributed by atoms with Crippen LogP contribution in [0.3, 0.4) is 0 Å². The molecule has 10 nitrogen and oxygen atoms in total. The van der Waals surface area contributed by atoms with Gasteiger partial charge in [-0.05, 0) is 18.1 Å². The lowest BCUT2D eigenvalue weighted by atomic mass is 10.2. The van der Waals surface area contributed by atoms with Gasteiger partial charge in [-0.15, -0.1) is 0 Å². The molecule has 0 unspecified atom stereocenters. The van der Waals surface area contributed by atoms with Gasteiger partial charge in [-0.2, -0.15) is 15.0 Å². The average molecular weight is 372 g/mol.